The van der Waals surface area contributed by atoms with Gasteiger partial charge >= 0.3 is 0 Å². The monoisotopic (exact) mass is 368 g/mol. The van der Waals surface area contributed by atoms with Crippen LogP contribution in [0.1, 0.15) is 57.1 Å². The van der Waals surface area contributed by atoms with Crippen molar-refractivity contribution in [3.63, 3.8) is 0 Å². The maximum Gasteiger partial charge on any atom is 0.281 e. The Labute approximate surface area is 149 Å². The lowest BCUT2D eigenvalue weighted by molar-refractivity contribution is 0.211. The van der Waals surface area contributed by atoms with E-state index in [4.69, 9.17) is 4.98 Å². The van der Waals surface area contributed by atoms with Crippen LogP contribution in [0.5, 0.6) is 0 Å². The lowest BCUT2D eigenvalue weighted by atomic mass is 9.78. The molecule has 2 heterocycles. The van der Waals surface area contributed by atoms with Crippen LogP contribution in [0.2, 0.25) is 0 Å². The van der Waals surface area contributed by atoms with Crippen molar-refractivity contribution < 1.29 is 8.42 Å². The van der Waals surface area contributed by atoms with Gasteiger partial charge in [0.25, 0.3) is 15.8 Å². The highest BCUT2D eigenvalue weighted by molar-refractivity contribution is 7.86. The third kappa shape index (κ3) is 3.04. The molecule has 8 heteroatoms. The average molecular weight is 369 g/mol. The van der Waals surface area contributed by atoms with E-state index in [0.717, 1.165) is 30.5 Å². The van der Waals surface area contributed by atoms with Gasteiger partial charge in [-0.25, -0.2) is 4.98 Å². The van der Waals surface area contributed by atoms with Crippen molar-refractivity contribution in [2.75, 3.05) is 27.2 Å². The van der Waals surface area contributed by atoms with E-state index in [0.29, 0.717) is 25.3 Å². The van der Waals surface area contributed by atoms with Gasteiger partial charge in [0.2, 0.25) is 0 Å². The Balaban J connectivity index is 2.07. The molecular weight excluding hydrogens is 340 g/mol. The Morgan fingerprint density at radius 2 is 1.92 bits per heavy atom. The maximum atomic E-state index is 12.6. The number of aromatic amines is 1. The molecule has 1 fully saturated rings. The molecule has 0 saturated carbocycles. The SMILES string of the molecule is CN(C)S(=O)(=O)N1CCCC2(CCc3c2nc(C(C)(C)C)[nH]c3=O)C1. The van der Waals surface area contributed by atoms with Crippen LogP contribution in [0.15, 0.2) is 4.79 Å². The van der Waals surface area contributed by atoms with E-state index < -0.39 is 10.2 Å². The van der Waals surface area contributed by atoms with E-state index >= 15 is 0 Å². The van der Waals surface area contributed by atoms with Crippen molar-refractivity contribution in [3.8, 4) is 0 Å². The quantitative estimate of drug-likeness (QED) is 0.848. The van der Waals surface area contributed by atoms with Crippen LogP contribution < -0.4 is 5.56 Å². The molecule has 1 atom stereocenters. The summed E-state index contributed by atoms with van der Waals surface area (Å²) in [7, 11) is -0.351. The third-order valence-corrected chi connectivity index (χ3v) is 7.30. The predicted octanol–water partition coefficient (Wildman–Crippen LogP) is 1.15. The number of nitrogens with zero attached hydrogens (tertiary/aromatic N) is 3. The number of nitrogens with one attached hydrogen (secondary N) is 1. The van der Waals surface area contributed by atoms with E-state index in [1.165, 1.54) is 4.31 Å². The van der Waals surface area contributed by atoms with Crippen molar-refractivity contribution >= 4 is 10.2 Å². The van der Waals surface area contributed by atoms with Gasteiger partial charge in [0, 0.05) is 43.6 Å². The minimum absolute atomic E-state index is 0.0700. The van der Waals surface area contributed by atoms with Crippen LogP contribution in [-0.4, -0.2) is 54.2 Å². The van der Waals surface area contributed by atoms with E-state index in [-0.39, 0.29) is 16.4 Å². The van der Waals surface area contributed by atoms with E-state index in [2.05, 4.69) is 4.98 Å². The second kappa shape index (κ2) is 5.89. The summed E-state index contributed by atoms with van der Waals surface area (Å²) in [6, 6.07) is 0. The first-order valence-corrected chi connectivity index (χ1v) is 10.2. The topological polar surface area (TPSA) is 86.4 Å². The van der Waals surface area contributed by atoms with Crippen molar-refractivity contribution in [3.05, 3.63) is 27.4 Å². The molecule has 1 aliphatic carbocycles. The summed E-state index contributed by atoms with van der Waals surface area (Å²) in [6.45, 7) is 6.97. The van der Waals surface area contributed by atoms with Crippen LogP contribution in [-0.2, 0) is 27.5 Å². The van der Waals surface area contributed by atoms with Crippen molar-refractivity contribution in [1.29, 1.82) is 0 Å². The van der Waals surface area contributed by atoms with Crippen LogP contribution >= 0.6 is 0 Å². The maximum absolute atomic E-state index is 12.6. The Morgan fingerprint density at radius 1 is 1.24 bits per heavy atom. The Morgan fingerprint density at radius 3 is 2.52 bits per heavy atom. The number of aromatic nitrogens is 2. The number of hydrogen-bond acceptors (Lipinski definition) is 4. The third-order valence-electron chi connectivity index (χ3n) is 5.41. The van der Waals surface area contributed by atoms with Gasteiger partial charge in [0.1, 0.15) is 5.82 Å². The van der Waals surface area contributed by atoms with Crippen molar-refractivity contribution in [2.24, 2.45) is 0 Å². The fourth-order valence-corrected chi connectivity index (χ4v) is 5.15. The molecule has 1 unspecified atom stereocenters. The Bertz CT molecular complexity index is 838. The first-order valence-electron chi connectivity index (χ1n) is 8.79. The number of hydrogen-bond donors (Lipinski definition) is 1. The van der Waals surface area contributed by atoms with Gasteiger partial charge in [0.05, 0.1) is 5.69 Å². The molecule has 0 amide bonds. The predicted molar refractivity (Wildman–Crippen MR) is 97.0 cm³/mol. The van der Waals surface area contributed by atoms with Gasteiger partial charge in [-0.05, 0) is 25.7 Å². The number of rotatable bonds is 2. The first-order chi connectivity index (χ1) is 11.5. The highest BCUT2D eigenvalue weighted by Gasteiger charge is 2.47. The smallest absolute Gasteiger partial charge is 0.281 e. The van der Waals surface area contributed by atoms with Gasteiger partial charge in [-0.3, -0.25) is 4.79 Å². The molecule has 1 aromatic rings. The van der Waals surface area contributed by atoms with Crippen molar-refractivity contribution in [2.45, 2.75) is 57.3 Å². The van der Waals surface area contributed by atoms with E-state index in [1.54, 1.807) is 18.4 Å². The Hall–Kier alpha value is -1.25. The lowest BCUT2D eigenvalue weighted by Crippen LogP contribution is -2.51. The second-order valence-corrected chi connectivity index (χ2v) is 10.6. The molecular formula is C17H28N4O3S. The molecule has 25 heavy (non-hydrogen) atoms. The van der Waals surface area contributed by atoms with Crippen LogP contribution in [0.4, 0.5) is 0 Å². The van der Waals surface area contributed by atoms with Gasteiger partial charge in [-0.2, -0.15) is 17.0 Å². The summed E-state index contributed by atoms with van der Waals surface area (Å²) in [5.74, 6) is 0.671. The normalized spacial score (nSPS) is 24.9. The van der Waals surface area contributed by atoms with Crippen molar-refractivity contribution in [1.82, 2.24) is 18.6 Å². The summed E-state index contributed by atoms with van der Waals surface area (Å²) in [5.41, 5.74) is 0.878. The summed E-state index contributed by atoms with van der Waals surface area (Å²) >= 11 is 0. The first kappa shape index (κ1) is 18.5. The minimum atomic E-state index is -3.46. The van der Waals surface area contributed by atoms with Gasteiger partial charge in [-0.1, -0.05) is 20.8 Å². The van der Waals surface area contributed by atoms with Gasteiger partial charge in [0.15, 0.2) is 0 Å². The molecule has 0 aromatic carbocycles. The molecule has 7 nitrogen and oxygen atoms in total. The largest absolute Gasteiger partial charge is 0.310 e. The molecule has 1 aromatic heterocycles. The summed E-state index contributed by atoms with van der Waals surface area (Å²) in [5, 5.41) is 0. The highest BCUT2D eigenvalue weighted by Crippen LogP contribution is 2.44. The molecule has 1 aliphatic heterocycles. The molecule has 3 rings (SSSR count). The zero-order chi connectivity index (χ0) is 18.6. The zero-order valence-corrected chi connectivity index (χ0v) is 16.5. The lowest BCUT2D eigenvalue weighted by Gasteiger charge is -2.40. The molecule has 0 bridgehead atoms. The standard InChI is InChI=1S/C17H28N4O3S/c1-16(2,3)15-18-13-12(14(22)19-15)7-9-17(13)8-6-10-21(11-17)25(23,24)20(4)5/h6-11H2,1-5H3,(H,18,19,22). The summed E-state index contributed by atoms with van der Waals surface area (Å²) in [6.07, 6.45) is 3.11. The van der Waals surface area contributed by atoms with Gasteiger partial charge < -0.3 is 4.98 Å². The summed E-state index contributed by atoms with van der Waals surface area (Å²) < 4.78 is 28.0. The molecule has 140 valence electrons. The zero-order valence-electron chi connectivity index (χ0n) is 15.7. The molecule has 1 N–H and O–H groups in total. The second-order valence-electron chi connectivity index (χ2n) is 8.50. The van der Waals surface area contributed by atoms with Crippen LogP contribution in [0.3, 0.4) is 0 Å². The highest BCUT2D eigenvalue weighted by atomic mass is 32.2. The fourth-order valence-electron chi connectivity index (χ4n) is 3.92. The molecule has 0 radical (unpaired) electrons. The molecule has 1 spiro atoms. The number of fused-ring (bicyclic) bond motifs is 2. The molecule has 2 aliphatic rings. The molecule has 1 saturated heterocycles. The van der Waals surface area contributed by atoms with Crippen LogP contribution in [0.25, 0.3) is 0 Å². The number of H-pyrrole nitrogens is 1. The number of piperidine rings is 1. The van der Waals surface area contributed by atoms with Gasteiger partial charge in [-0.15, -0.1) is 0 Å². The Kier molecular flexibility index (Phi) is 4.37. The average Bonchev–Trinajstić information content (AvgIpc) is 2.85. The van der Waals surface area contributed by atoms with Crippen LogP contribution in [0, 0.1) is 0 Å². The fraction of sp³-hybridized carbons (Fsp3) is 0.765. The minimum Gasteiger partial charge on any atom is -0.310 e. The van der Waals surface area contributed by atoms with E-state index in [9.17, 15) is 13.2 Å². The van der Waals surface area contributed by atoms with E-state index in [1.807, 2.05) is 20.8 Å². The summed E-state index contributed by atoms with van der Waals surface area (Å²) in [4.78, 5) is 20.3.